The summed E-state index contributed by atoms with van der Waals surface area (Å²) >= 11 is 2.37. The van der Waals surface area contributed by atoms with E-state index in [0.29, 0.717) is 0 Å². The molecule has 0 N–H and O–H groups in total. The maximum atomic E-state index is 8.50. The SMILES string of the molecule is [2H]C([2H])([2H])C(C)(c1ccccc1)c1ccc(N2B(N(C)C)B(N(C)C)N(c3ccc(C(C)(c4ccccc4)C([2H])([2H])[2H])cc3)[C]2=[Pt])cc1. The van der Waals surface area contributed by atoms with Gasteiger partial charge in [0.05, 0.1) is 0 Å². The van der Waals surface area contributed by atoms with Gasteiger partial charge < -0.3 is 0 Å². The van der Waals surface area contributed by atoms with Gasteiger partial charge >= 0.3 is 274 Å². The zero-order valence-corrected chi connectivity index (χ0v) is 27.4. The number of hydrogen-bond donors (Lipinski definition) is 0. The minimum atomic E-state index is -2.26. The Balaban J connectivity index is 1.55. The van der Waals surface area contributed by atoms with Crippen molar-refractivity contribution in [2.45, 2.75) is 38.4 Å². The average Bonchev–Trinajstić information content (AvgIpc) is 3.37. The molecule has 5 rings (SSSR count). The Bertz CT molecular complexity index is 1590. The Kier molecular flexibility index (Phi) is 6.72. The zero-order valence-electron chi connectivity index (χ0n) is 31.2. The minimum absolute atomic E-state index is 0.0990. The van der Waals surface area contributed by atoms with Crippen LogP contribution in [0.4, 0.5) is 11.4 Å². The molecule has 0 radical (unpaired) electrons. The number of rotatable bonds is 8. The summed E-state index contributed by atoms with van der Waals surface area (Å²) in [4.78, 5) is 8.92. The topological polar surface area (TPSA) is 13.0 Å². The molecule has 0 aliphatic carbocycles. The Labute approximate surface area is 273 Å². The van der Waals surface area contributed by atoms with Crippen molar-refractivity contribution in [1.82, 2.24) is 9.62 Å². The molecule has 4 nitrogen and oxygen atoms in total. The summed E-state index contributed by atoms with van der Waals surface area (Å²) in [6.07, 6.45) is 0. The Morgan fingerprint density at radius 1 is 0.548 bits per heavy atom. The van der Waals surface area contributed by atoms with E-state index in [9.17, 15) is 0 Å². The number of benzene rings is 4. The predicted octanol–water partition coefficient (Wildman–Crippen LogP) is 6.48. The van der Waals surface area contributed by atoms with E-state index in [1.165, 1.54) is 0 Å². The van der Waals surface area contributed by atoms with Gasteiger partial charge in [-0.2, -0.15) is 0 Å². The van der Waals surface area contributed by atoms with E-state index in [-0.39, 0.29) is 13.7 Å². The molecule has 0 saturated carbocycles. The summed E-state index contributed by atoms with van der Waals surface area (Å²) in [7, 11) is 8.23. The van der Waals surface area contributed by atoms with E-state index in [0.717, 1.165) is 37.8 Å². The fraction of sp³-hybridized carbons (Fsp3) is 0.286. The molecule has 2 atom stereocenters. The molecule has 218 valence electrons. The molecule has 1 heterocycles. The van der Waals surface area contributed by atoms with Crippen LogP contribution < -0.4 is 9.62 Å². The summed E-state index contributed by atoms with van der Waals surface area (Å²) in [6.45, 7) is -1.13. The summed E-state index contributed by atoms with van der Waals surface area (Å²) in [5, 5.41) is 0. The van der Waals surface area contributed by atoms with Crippen molar-refractivity contribution < 1.29 is 27.6 Å². The van der Waals surface area contributed by atoms with E-state index < -0.39 is 24.5 Å². The van der Waals surface area contributed by atoms with Gasteiger partial charge in [0.15, 0.2) is 0 Å². The van der Waals surface area contributed by atoms with Crippen LogP contribution in [-0.4, -0.2) is 55.7 Å². The third kappa shape index (κ3) is 5.57. The van der Waals surface area contributed by atoms with Crippen LogP contribution in [0.2, 0.25) is 0 Å². The van der Waals surface area contributed by atoms with Gasteiger partial charge in [0.25, 0.3) is 0 Å². The zero-order chi connectivity index (χ0) is 35.2. The van der Waals surface area contributed by atoms with E-state index in [1.807, 2.05) is 109 Å². The van der Waals surface area contributed by atoms with Crippen LogP contribution in [0.25, 0.3) is 0 Å². The third-order valence-corrected chi connectivity index (χ3v) is 9.46. The fourth-order valence-electron chi connectivity index (χ4n) is 5.87. The van der Waals surface area contributed by atoms with Crippen molar-refractivity contribution in [2.75, 3.05) is 37.8 Å². The van der Waals surface area contributed by atoms with Crippen LogP contribution in [0.1, 0.15) is 58.0 Å². The van der Waals surface area contributed by atoms with E-state index in [2.05, 4.69) is 66.8 Å². The quantitative estimate of drug-likeness (QED) is 0.192. The van der Waals surface area contributed by atoms with Crippen molar-refractivity contribution in [3.8, 4) is 0 Å². The van der Waals surface area contributed by atoms with Gasteiger partial charge in [-0.25, -0.2) is 0 Å². The molecular weight excluding hydrogens is 693 g/mol. The second-order valence-electron chi connectivity index (χ2n) is 11.8. The number of anilines is 2. The molecule has 0 aromatic heterocycles. The van der Waals surface area contributed by atoms with Gasteiger partial charge in [0.2, 0.25) is 0 Å². The fourth-order valence-corrected chi connectivity index (χ4v) is 7.06. The monoisotopic (exact) mass is 741 g/mol. The van der Waals surface area contributed by atoms with Gasteiger partial charge in [0.1, 0.15) is 0 Å². The summed E-state index contributed by atoms with van der Waals surface area (Å²) in [5.74, 6) is 0. The molecular formula is C35H42B2N4Pt. The van der Waals surface area contributed by atoms with Crippen molar-refractivity contribution in [2.24, 2.45) is 0 Å². The molecule has 1 saturated heterocycles. The van der Waals surface area contributed by atoms with Crippen LogP contribution in [0.3, 0.4) is 0 Å². The summed E-state index contributed by atoms with van der Waals surface area (Å²) < 4.78 is 52.0. The number of nitrogens with zero attached hydrogens (tertiary/aromatic N) is 4. The molecule has 7 heteroatoms. The normalized spacial score (nSPS) is 19.5. The molecule has 1 fully saturated rings. The molecule has 1 aliphatic heterocycles. The molecule has 42 heavy (non-hydrogen) atoms. The average molecular weight is 741 g/mol. The van der Waals surface area contributed by atoms with Crippen LogP contribution >= 0.6 is 0 Å². The van der Waals surface area contributed by atoms with E-state index in [4.69, 9.17) is 8.22 Å². The second kappa shape index (κ2) is 12.0. The molecule has 4 aromatic carbocycles. The standard InChI is InChI=1S/C35H42B2N4.Pt/c1-34(2,28-15-11-9-12-16-28)30-19-23-32(24-20-30)40-27-41(37(39(7)8)36(40)38(5)6)33-25-21-31(22-26-33)35(3,4)29-17-13-10-14-18-29;/h9-26H,1-8H3;/i1D3,3D3;. The van der Waals surface area contributed by atoms with Crippen molar-refractivity contribution >= 4 is 29.3 Å². The molecule has 4 aromatic rings. The Morgan fingerprint density at radius 2 is 0.857 bits per heavy atom. The van der Waals surface area contributed by atoms with E-state index in [1.54, 1.807) is 13.8 Å². The number of hydrogen-bond acceptors (Lipinski definition) is 4. The Hall–Kier alpha value is -2.91. The van der Waals surface area contributed by atoms with Crippen molar-refractivity contribution in [1.29, 1.82) is 0 Å². The van der Waals surface area contributed by atoms with Crippen LogP contribution in [0.5, 0.6) is 0 Å². The van der Waals surface area contributed by atoms with Gasteiger partial charge in [-0.1, -0.05) is 0 Å². The van der Waals surface area contributed by atoms with E-state index >= 15 is 0 Å². The van der Waals surface area contributed by atoms with Crippen LogP contribution in [-0.2, 0) is 30.2 Å². The van der Waals surface area contributed by atoms with Crippen molar-refractivity contribution in [3.63, 3.8) is 0 Å². The van der Waals surface area contributed by atoms with Gasteiger partial charge in [-0.15, -0.1) is 0 Å². The van der Waals surface area contributed by atoms with Gasteiger partial charge in [-0.3, -0.25) is 0 Å². The maximum absolute atomic E-state index is 8.50. The van der Waals surface area contributed by atoms with Gasteiger partial charge in [-0.05, 0) is 0 Å². The van der Waals surface area contributed by atoms with Crippen LogP contribution in [0, 0.1) is 0 Å². The molecule has 0 spiro atoms. The molecule has 0 amide bonds. The summed E-state index contributed by atoms with van der Waals surface area (Å²) in [6, 6.07) is 34.6. The first kappa shape index (κ1) is 23.5. The second-order valence-corrected chi connectivity index (χ2v) is 12.8. The molecule has 0 bridgehead atoms. The van der Waals surface area contributed by atoms with Crippen LogP contribution in [0.15, 0.2) is 109 Å². The van der Waals surface area contributed by atoms with Crippen molar-refractivity contribution in [3.05, 3.63) is 131 Å². The van der Waals surface area contributed by atoms with Gasteiger partial charge in [0, 0.05) is 0 Å². The first-order chi connectivity index (χ1) is 22.4. The first-order valence-corrected chi connectivity index (χ1v) is 15.3. The first-order valence-electron chi connectivity index (χ1n) is 17.2. The molecule has 2 unspecified atom stereocenters. The predicted molar refractivity (Wildman–Crippen MR) is 179 cm³/mol. The summed E-state index contributed by atoms with van der Waals surface area (Å²) in [5.41, 5.74) is 2.45. The third-order valence-electron chi connectivity index (χ3n) is 8.37. The molecule has 1 aliphatic rings. The Morgan fingerprint density at radius 3 is 1.14 bits per heavy atom.